The van der Waals surface area contributed by atoms with Gasteiger partial charge < -0.3 is 31.6 Å². The number of nitrogens with one attached hydrogen (secondary N) is 2. The van der Waals surface area contributed by atoms with E-state index < -0.39 is 30.0 Å². The first kappa shape index (κ1) is 26.0. The van der Waals surface area contributed by atoms with Crippen LogP contribution in [-0.2, 0) is 11.8 Å². The van der Waals surface area contributed by atoms with E-state index in [0.717, 1.165) is 0 Å². The summed E-state index contributed by atoms with van der Waals surface area (Å²) in [5.74, 6) is -0.400. The number of pyridine rings is 1. The number of ether oxygens (including phenoxy) is 1. The minimum absolute atomic E-state index is 0. The molecule has 3 rings (SSSR count). The molecule has 0 aliphatic carbocycles. The van der Waals surface area contributed by atoms with Crippen LogP contribution in [0, 0.1) is 6.92 Å². The molecule has 3 aromatic rings. The van der Waals surface area contributed by atoms with Crippen LogP contribution in [0.4, 0.5) is 10.5 Å². The van der Waals surface area contributed by atoms with Gasteiger partial charge in [0.15, 0.2) is 5.69 Å². The van der Waals surface area contributed by atoms with E-state index in [2.05, 4.69) is 10.6 Å². The van der Waals surface area contributed by atoms with E-state index in [9.17, 15) is 24.6 Å². The topological polar surface area (TPSA) is 130 Å². The maximum absolute atomic E-state index is 12.6. The molecule has 168 valence electrons. The van der Waals surface area contributed by atoms with Gasteiger partial charge in [-0.3, -0.25) is 9.59 Å². The third kappa shape index (κ3) is 6.85. The normalized spacial score (nSPS) is 11.1. The zero-order valence-corrected chi connectivity index (χ0v) is 20.5. The Kier molecular flexibility index (Phi) is 9.10. The number of aromatic nitrogens is 1. The number of hydrogen-bond donors (Lipinski definition) is 4. The van der Waals surface area contributed by atoms with Crippen molar-refractivity contribution in [2.24, 2.45) is 7.05 Å². The van der Waals surface area contributed by atoms with Crippen LogP contribution in [0.5, 0.6) is 17.2 Å². The molecule has 1 aromatic heterocycles. The summed E-state index contributed by atoms with van der Waals surface area (Å²) in [6, 6.07) is 14.0. The number of carboxylic acids is 1. The third-order valence-corrected chi connectivity index (χ3v) is 4.69. The maximum Gasteiger partial charge on any atom is 1.00 e. The summed E-state index contributed by atoms with van der Waals surface area (Å²) in [6.07, 6.45) is 1.03. The van der Waals surface area contributed by atoms with Crippen molar-refractivity contribution in [3.63, 3.8) is 0 Å². The summed E-state index contributed by atoms with van der Waals surface area (Å²) >= 11 is 0. The van der Waals surface area contributed by atoms with E-state index in [-0.39, 0.29) is 42.4 Å². The second-order valence-corrected chi connectivity index (χ2v) is 7.19. The van der Waals surface area contributed by atoms with Crippen molar-refractivity contribution < 1.29 is 55.5 Å². The fraction of sp³-hybridized carbons (Fsp3) is 0.174. The largest absolute Gasteiger partial charge is 1.00 e. The molecule has 0 radical (unpaired) electrons. The van der Waals surface area contributed by atoms with Crippen molar-refractivity contribution in [1.82, 2.24) is 9.88 Å². The van der Waals surface area contributed by atoms with Crippen LogP contribution >= 0.6 is 0 Å². The van der Waals surface area contributed by atoms with Gasteiger partial charge in [-0.2, -0.15) is 0 Å². The molecule has 1 unspecified atom stereocenters. The molecule has 0 spiro atoms. The van der Waals surface area contributed by atoms with Gasteiger partial charge in [-0.25, -0.2) is 4.79 Å². The Balaban J connectivity index is 0.00000289. The molecule has 1 atom stereocenters. The minimum atomic E-state index is -1.13. The van der Waals surface area contributed by atoms with Crippen LogP contribution < -0.4 is 50.5 Å². The van der Waals surface area contributed by atoms with Crippen LogP contribution in [-0.4, -0.2) is 26.8 Å². The van der Waals surface area contributed by atoms with Gasteiger partial charge in [0.25, 0.3) is 5.56 Å². The number of carboxylic acid groups (broad SMARTS) is 1. The Bertz CT molecular complexity index is 1200. The fourth-order valence-corrected chi connectivity index (χ4v) is 3.15. The third-order valence-electron chi connectivity index (χ3n) is 4.69. The Labute approximate surface area is 213 Å². The monoisotopic (exact) mass is 461 g/mol. The molecule has 10 heteroatoms. The summed E-state index contributed by atoms with van der Waals surface area (Å²) in [7, 11) is 1.49. The molecule has 4 N–H and O–H groups in total. The minimum Gasteiger partial charge on any atom is -1.00 e. The van der Waals surface area contributed by atoms with Crippen LogP contribution in [0.1, 0.15) is 25.0 Å². The average molecular weight is 461 g/mol. The van der Waals surface area contributed by atoms with Gasteiger partial charge in [-0.15, -0.1) is 0 Å². The Hall–Kier alpha value is -3.27. The number of carbonyl (C=O) groups excluding carboxylic acids is 1. The first-order valence-electron chi connectivity index (χ1n) is 9.76. The molecule has 0 saturated heterocycles. The van der Waals surface area contributed by atoms with Crippen LogP contribution in [0.25, 0.3) is 0 Å². The number of aliphatic carboxylic acids is 1. The standard InChI is InChI=1S/C23H23N3O6.Na.H/c1-14-13-26(2)22(30)20(21(14)29)25-23(31)24-18(12-19(27)28)15-7-6-10-17(11-15)32-16-8-4-3-5-9-16;;/h3-11,13,18,29H,12H2,1-2H3,(H,27,28)(H2,24,25,31);;/q;+1;-1. The molecular weight excluding hydrogens is 437 g/mol. The predicted octanol–water partition coefficient (Wildman–Crippen LogP) is 0.646. The molecular formula is C23H24N3NaO6. The molecule has 33 heavy (non-hydrogen) atoms. The number of para-hydroxylation sites is 1. The van der Waals surface area contributed by atoms with E-state index in [1.165, 1.54) is 17.8 Å². The first-order valence-corrected chi connectivity index (χ1v) is 9.76. The van der Waals surface area contributed by atoms with Gasteiger partial charge in [0.1, 0.15) is 17.2 Å². The Morgan fingerprint density at radius 1 is 1.12 bits per heavy atom. The van der Waals surface area contributed by atoms with E-state index in [1.54, 1.807) is 43.3 Å². The van der Waals surface area contributed by atoms with Gasteiger partial charge in [-0.05, 0) is 36.8 Å². The molecule has 0 aliphatic heterocycles. The number of urea groups is 1. The molecule has 0 saturated carbocycles. The number of carbonyl (C=O) groups is 2. The van der Waals surface area contributed by atoms with Crippen LogP contribution in [0.3, 0.4) is 0 Å². The van der Waals surface area contributed by atoms with Crippen LogP contribution in [0.15, 0.2) is 65.6 Å². The molecule has 2 aromatic carbocycles. The van der Waals surface area contributed by atoms with Crippen molar-refractivity contribution in [1.29, 1.82) is 0 Å². The summed E-state index contributed by atoms with van der Waals surface area (Å²) < 4.78 is 7.01. The number of benzene rings is 2. The van der Waals surface area contributed by atoms with Crippen molar-refractivity contribution in [3.8, 4) is 17.2 Å². The Morgan fingerprint density at radius 2 is 1.79 bits per heavy atom. The second-order valence-electron chi connectivity index (χ2n) is 7.19. The summed E-state index contributed by atoms with van der Waals surface area (Å²) in [4.78, 5) is 36.3. The maximum atomic E-state index is 12.6. The van der Waals surface area contributed by atoms with E-state index >= 15 is 0 Å². The number of aromatic hydroxyl groups is 1. The number of rotatable bonds is 7. The van der Waals surface area contributed by atoms with Gasteiger partial charge in [0.05, 0.1) is 12.5 Å². The summed E-state index contributed by atoms with van der Waals surface area (Å²) in [5, 5.41) is 24.4. The average Bonchev–Trinajstić information content (AvgIpc) is 2.75. The number of aryl methyl sites for hydroxylation is 2. The number of nitrogens with zero attached hydrogens (tertiary/aromatic N) is 1. The van der Waals surface area contributed by atoms with Crippen molar-refractivity contribution >= 4 is 17.7 Å². The smallest absolute Gasteiger partial charge is 1.00 e. The summed E-state index contributed by atoms with van der Waals surface area (Å²) in [5.41, 5.74) is 0.00382. The predicted molar refractivity (Wildman–Crippen MR) is 119 cm³/mol. The van der Waals surface area contributed by atoms with Gasteiger partial charge in [0, 0.05) is 18.8 Å². The van der Waals surface area contributed by atoms with E-state index in [0.29, 0.717) is 22.6 Å². The molecule has 2 amide bonds. The molecule has 0 aliphatic rings. The molecule has 0 fully saturated rings. The number of amides is 2. The SMILES string of the molecule is Cc1cn(C)c(=O)c(NC(=O)NC(CC(=O)O)c2cccc(Oc3ccccc3)c2)c1O.[H-].[Na+]. The number of anilines is 1. The van der Waals surface area contributed by atoms with Gasteiger partial charge >= 0.3 is 41.6 Å². The zero-order valence-electron chi connectivity index (χ0n) is 19.5. The van der Waals surface area contributed by atoms with Crippen LogP contribution in [0.2, 0.25) is 0 Å². The molecule has 0 bridgehead atoms. The van der Waals surface area contributed by atoms with Crippen molar-refractivity contribution in [3.05, 3.63) is 82.3 Å². The van der Waals surface area contributed by atoms with Crippen molar-refractivity contribution in [2.75, 3.05) is 5.32 Å². The fourth-order valence-electron chi connectivity index (χ4n) is 3.15. The van der Waals surface area contributed by atoms with Crippen molar-refractivity contribution in [2.45, 2.75) is 19.4 Å². The van der Waals surface area contributed by atoms with Gasteiger partial charge in [0.2, 0.25) is 0 Å². The first-order chi connectivity index (χ1) is 15.2. The Morgan fingerprint density at radius 3 is 2.45 bits per heavy atom. The van der Waals surface area contributed by atoms with E-state index in [1.807, 2.05) is 18.2 Å². The van der Waals surface area contributed by atoms with E-state index in [4.69, 9.17) is 4.74 Å². The summed E-state index contributed by atoms with van der Waals surface area (Å²) in [6.45, 7) is 1.59. The second kappa shape index (κ2) is 11.6. The molecule has 9 nitrogen and oxygen atoms in total. The van der Waals surface area contributed by atoms with Gasteiger partial charge in [-0.1, -0.05) is 30.3 Å². The molecule has 1 heterocycles. The quantitative estimate of drug-likeness (QED) is 0.382. The number of hydrogen-bond acceptors (Lipinski definition) is 5. The zero-order chi connectivity index (χ0) is 23.3.